The van der Waals surface area contributed by atoms with Crippen LogP contribution in [0.2, 0.25) is 0 Å². The smallest absolute Gasteiger partial charge is 0.255 e. The Morgan fingerprint density at radius 1 is 1.04 bits per heavy atom. The highest BCUT2D eigenvalue weighted by Gasteiger charge is 2.47. The molecule has 1 aromatic rings. The van der Waals surface area contributed by atoms with Gasteiger partial charge in [-0.05, 0) is 24.5 Å². The number of carbonyl (C=O) groups is 4. The molecule has 2 fully saturated rings. The molecular formula is C20H24N4O4. The second-order valence-electron chi connectivity index (χ2n) is 7.54. The molecule has 0 bridgehead atoms. The zero-order valence-corrected chi connectivity index (χ0v) is 15.9. The number of benzene rings is 1. The van der Waals surface area contributed by atoms with Crippen LogP contribution in [0.3, 0.4) is 0 Å². The molecule has 148 valence electrons. The number of amides is 4. The summed E-state index contributed by atoms with van der Waals surface area (Å²) in [6.45, 7) is 3.36. The van der Waals surface area contributed by atoms with Gasteiger partial charge in [-0.1, -0.05) is 18.2 Å². The average Bonchev–Trinajstić information content (AvgIpc) is 3.50. The van der Waals surface area contributed by atoms with Gasteiger partial charge in [0.2, 0.25) is 17.7 Å². The highest BCUT2D eigenvalue weighted by atomic mass is 16.2. The lowest BCUT2D eigenvalue weighted by Gasteiger charge is -2.34. The Bertz CT molecular complexity index is 827. The molecule has 4 rings (SSSR count). The zero-order valence-electron chi connectivity index (χ0n) is 15.9. The molecular weight excluding hydrogens is 360 g/mol. The van der Waals surface area contributed by atoms with Crippen molar-refractivity contribution >= 4 is 23.6 Å². The lowest BCUT2D eigenvalue weighted by molar-refractivity contribution is -0.139. The summed E-state index contributed by atoms with van der Waals surface area (Å²) in [5, 5.41) is 2.73. The van der Waals surface area contributed by atoms with Gasteiger partial charge < -0.3 is 20.0 Å². The molecule has 2 aliphatic heterocycles. The van der Waals surface area contributed by atoms with Gasteiger partial charge in [-0.25, -0.2) is 0 Å². The second-order valence-corrected chi connectivity index (χ2v) is 7.54. The summed E-state index contributed by atoms with van der Waals surface area (Å²) in [4.78, 5) is 54.5. The van der Waals surface area contributed by atoms with E-state index >= 15 is 0 Å². The van der Waals surface area contributed by atoms with E-state index in [9.17, 15) is 19.2 Å². The Kier molecular flexibility index (Phi) is 4.78. The van der Waals surface area contributed by atoms with Gasteiger partial charge in [0.05, 0.1) is 6.54 Å². The summed E-state index contributed by atoms with van der Waals surface area (Å²) in [6.07, 6.45) is 1.81. The van der Waals surface area contributed by atoms with Crippen LogP contribution in [-0.4, -0.2) is 77.1 Å². The minimum atomic E-state index is -0.668. The molecule has 0 aromatic heterocycles. The molecule has 1 aromatic carbocycles. The molecule has 8 nitrogen and oxygen atoms in total. The summed E-state index contributed by atoms with van der Waals surface area (Å²) in [7, 11) is 0. The lowest BCUT2D eigenvalue weighted by Crippen LogP contribution is -2.52. The van der Waals surface area contributed by atoms with Gasteiger partial charge in [0.1, 0.15) is 6.04 Å². The molecule has 3 aliphatic rings. The Hall–Kier alpha value is -2.90. The van der Waals surface area contributed by atoms with E-state index in [2.05, 4.69) is 5.32 Å². The first-order chi connectivity index (χ1) is 13.5. The fraction of sp³-hybridized carbons (Fsp3) is 0.500. The lowest BCUT2D eigenvalue weighted by atomic mass is 10.0. The van der Waals surface area contributed by atoms with Crippen molar-refractivity contribution in [1.82, 2.24) is 20.0 Å². The standard InChI is InChI=1S/C20H24N4O4/c1-13(25)22-8-10-23(11-9-22)17(26)12-21-19(27)18-15-4-2-3-5-16(15)20(28)24(18)14-6-7-14/h2-5,14,18H,6-12H2,1H3,(H,21,27). The third-order valence-electron chi connectivity index (χ3n) is 5.68. The molecule has 0 spiro atoms. The fourth-order valence-electron chi connectivity index (χ4n) is 3.98. The number of piperazine rings is 1. The Balaban J connectivity index is 1.39. The Labute approximate surface area is 163 Å². The largest absolute Gasteiger partial charge is 0.345 e. The second kappa shape index (κ2) is 7.26. The van der Waals surface area contributed by atoms with Crippen molar-refractivity contribution in [3.05, 3.63) is 35.4 Å². The Morgan fingerprint density at radius 2 is 1.68 bits per heavy atom. The van der Waals surface area contributed by atoms with Gasteiger partial charge in [-0.2, -0.15) is 0 Å². The molecule has 1 aliphatic carbocycles. The van der Waals surface area contributed by atoms with E-state index in [1.807, 2.05) is 12.1 Å². The molecule has 0 radical (unpaired) electrons. The van der Waals surface area contributed by atoms with Crippen LogP contribution >= 0.6 is 0 Å². The van der Waals surface area contributed by atoms with Crippen molar-refractivity contribution in [3.8, 4) is 0 Å². The van der Waals surface area contributed by atoms with E-state index in [-0.39, 0.29) is 36.2 Å². The molecule has 28 heavy (non-hydrogen) atoms. The fourth-order valence-corrected chi connectivity index (χ4v) is 3.98. The molecule has 1 saturated heterocycles. The van der Waals surface area contributed by atoms with Gasteiger partial charge in [-0.3, -0.25) is 19.2 Å². The predicted octanol–water partition coefficient (Wildman–Crippen LogP) is 0.153. The van der Waals surface area contributed by atoms with Crippen molar-refractivity contribution in [2.45, 2.75) is 31.8 Å². The molecule has 4 amide bonds. The molecule has 1 atom stereocenters. The average molecular weight is 384 g/mol. The van der Waals surface area contributed by atoms with Crippen LogP contribution in [-0.2, 0) is 14.4 Å². The van der Waals surface area contributed by atoms with Crippen LogP contribution in [0.25, 0.3) is 0 Å². The maximum Gasteiger partial charge on any atom is 0.255 e. The van der Waals surface area contributed by atoms with Gasteiger partial charge in [0, 0.05) is 44.7 Å². The summed E-state index contributed by atoms with van der Waals surface area (Å²) in [6, 6.07) is 6.61. The van der Waals surface area contributed by atoms with E-state index in [1.165, 1.54) is 6.92 Å². The van der Waals surface area contributed by atoms with E-state index in [4.69, 9.17) is 0 Å². The van der Waals surface area contributed by atoms with E-state index in [0.29, 0.717) is 37.3 Å². The summed E-state index contributed by atoms with van der Waals surface area (Å²) in [5.74, 6) is -0.594. The van der Waals surface area contributed by atoms with E-state index in [0.717, 1.165) is 12.8 Å². The Morgan fingerprint density at radius 3 is 2.32 bits per heavy atom. The zero-order chi connectivity index (χ0) is 19.8. The first-order valence-corrected chi connectivity index (χ1v) is 9.70. The topological polar surface area (TPSA) is 90.0 Å². The monoisotopic (exact) mass is 384 g/mol. The third-order valence-corrected chi connectivity index (χ3v) is 5.68. The number of rotatable bonds is 4. The highest BCUT2D eigenvalue weighted by Crippen LogP contribution is 2.41. The van der Waals surface area contributed by atoms with Crippen molar-refractivity contribution in [2.75, 3.05) is 32.7 Å². The van der Waals surface area contributed by atoms with Crippen molar-refractivity contribution in [3.63, 3.8) is 0 Å². The molecule has 2 heterocycles. The first-order valence-electron chi connectivity index (χ1n) is 9.70. The van der Waals surface area contributed by atoms with Crippen molar-refractivity contribution in [2.24, 2.45) is 0 Å². The molecule has 8 heteroatoms. The number of carbonyl (C=O) groups excluding carboxylic acids is 4. The van der Waals surface area contributed by atoms with Gasteiger partial charge in [-0.15, -0.1) is 0 Å². The number of hydrogen-bond acceptors (Lipinski definition) is 4. The molecule has 1 unspecified atom stereocenters. The van der Waals surface area contributed by atoms with Crippen LogP contribution in [0.15, 0.2) is 24.3 Å². The van der Waals surface area contributed by atoms with E-state index in [1.54, 1.807) is 26.8 Å². The maximum absolute atomic E-state index is 12.9. The van der Waals surface area contributed by atoms with Crippen molar-refractivity contribution < 1.29 is 19.2 Å². The maximum atomic E-state index is 12.9. The minimum absolute atomic E-state index is 0.00475. The molecule has 1 N–H and O–H groups in total. The molecule has 1 saturated carbocycles. The normalized spacial score (nSPS) is 21.5. The van der Waals surface area contributed by atoms with Crippen LogP contribution in [0, 0.1) is 0 Å². The number of nitrogens with one attached hydrogen (secondary N) is 1. The predicted molar refractivity (Wildman–Crippen MR) is 100 cm³/mol. The summed E-state index contributed by atoms with van der Waals surface area (Å²) >= 11 is 0. The summed E-state index contributed by atoms with van der Waals surface area (Å²) in [5.41, 5.74) is 1.28. The minimum Gasteiger partial charge on any atom is -0.345 e. The highest BCUT2D eigenvalue weighted by molar-refractivity contribution is 6.05. The number of nitrogens with zero attached hydrogens (tertiary/aromatic N) is 3. The number of fused-ring (bicyclic) bond motifs is 1. The van der Waals surface area contributed by atoms with Gasteiger partial charge >= 0.3 is 0 Å². The van der Waals surface area contributed by atoms with Gasteiger partial charge in [0.15, 0.2) is 0 Å². The van der Waals surface area contributed by atoms with Crippen molar-refractivity contribution in [1.29, 1.82) is 0 Å². The van der Waals surface area contributed by atoms with Crippen LogP contribution in [0.5, 0.6) is 0 Å². The number of hydrogen-bond donors (Lipinski definition) is 1. The summed E-state index contributed by atoms with van der Waals surface area (Å²) < 4.78 is 0. The van der Waals surface area contributed by atoms with E-state index < -0.39 is 6.04 Å². The SMILES string of the molecule is CC(=O)N1CCN(C(=O)CNC(=O)C2c3ccccc3C(=O)N2C2CC2)CC1. The van der Waals surface area contributed by atoms with Crippen LogP contribution in [0.1, 0.15) is 41.7 Å². The quantitative estimate of drug-likeness (QED) is 0.800. The van der Waals surface area contributed by atoms with Gasteiger partial charge in [0.25, 0.3) is 5.91 Å². The van der Waals surface area contributed by atoms with Crippen LogP contribution in [0.4, 0.5) is 0 Å². The third kappa shape index (κ3) is 3.34. The van der Waals surface area contributed by atoms with Crippen LogP contribution < -0.4 is 5.32 Å². The first kappa shape index (κ1) is 18.5.